The lowest BCUT2D eigenvalue weighted by molar-refractivity contribution is -0.139. The molecule has 0 aromatic heterocycles. The van der Waals surface area contributed by atoms with E-state index in [2.05, 4.69) is 0 Å². The molecule has 0 bridgehead atoms. The van der Waals surface area contributed by atoms with Crippen LogP contribution in [-0.4, -0.2) is 41.5 Å². The summed E-state index contributed by atoms with van der Waals surface area (Å²) in [6.45, 7) is 7.16. The lowest BCUT2D eigenvalue weighted by atomic mass is 9.95. The lowest BCUT2D eigenvalue weighted by Gasteiger charge is -2.25. The lowest BCUT2D eigenvalue weighted by Crippen LogP contribution is -2.30. The van der Waals surface area contributed by atoms with Gasteiger partial charge in [-0.25, -0.2) is 0 Å². The van der Waals surface area contributed by atoms with Crippen LogP contribution in [0.25, 0.3) is 5.76 Å². The summed E-state index contributed by atoms with van der Waals surface area (Å²) in [7, 11) is 0. The zero-order valence-electron chi connectivity index (χ0n) is 17.6. The van der Waals surface area contributed by atoms with Gasteiger partial charge in [-0.2, -0.15) is 0 Å². The van der Waals surface area contributed by atoms with Gasteiger partial charge in [0.15, 0.2) is 0 Å². The molecule has 1 N–H and O–H groups in total. The molecule has 1 aliphatic heterocycles. The molecule has 1 unspecified atom stereocenters. The molecule has 1 amide bonds. The number of nitrogens with zero attached hydrogens (tertiary/aromatic N) is 1. The van der Waals surface area contributed by atoms with Gasteiger partial charge in [0.25, 0.3) is 11.7 Å². The number of rotatable bonds is 8. The monoisotopic (exact) mass is 409 g/mol. The first kappa shape index (κ1) is 21.4. The first-order valence-corrected chi connectivity index (χ1v) is 10.3. The average Bonchev–Trinajstić information content (AvgIpc) is 3.00. The van der Waals surface area contributed by atoms with E-state index in [1.54, 1.807) is 36.4 Å². The molecular weight excluding hydrogens is 382 g/mol. The zero-order valence-corrected chi connectivity index (χ0v) is 17.6. The van der Waals surface area contributed by atoms with Crippen LogP contribution in [-0.2, 0) is 9.59 Å². The summed E-state index contributed by atoms with van der Waals surface area (Å²) >= 11 is 0. The molecular formula is C24H27NO5. The Morgan fingerprint density at radius 1 is 0.967 bits per heavy atom. The average molecular weight is 409 g/mol. The Morgan fingerprint density at radius 3 is 2.27 bits per heavy atom. The number of benzene rings is 2. The largest absolute Gasteiger partial charge is 0.507 e. The Bertz CT molecular complexity index is 948. The topological polar surface area (TPSA) is 76.1 Å². The number of carbonyl (C=O) groups excluding carboxylic acids is 2. The van der Waals surface area contributed by atoms with Crippen LogP contribution >= 0.6 is 0 Å². The fourth-order valence-electron chi connectivity index (χ4n) is 3.67. The van der Waals surface area contributed by atoms with Crippen molar-refractivity contribution in [3.05, 3.63) is 65.2 Å². The summed E-state index contributed by atoms with van der Waals surface area (Å²) in [5, 5.41) is 11.1. The van der Waals surface area contributed by atoms with Crippen LogP contribution in [0.4, 0.5) is 0 Å². The molecule has 0 spiro atoms. The number of ether oxygens (including phenoxy) is 2. The molecule has 1 aliphatic rings. The molecule has 3 rings (SSSR count). The molecule has 0 aliphatic carbocycles. The third kappa shape index (κ3) is 4.17. The third-order valence-corrected chi connectivity index (χ3v) is 4.93. The number of hydrogen-bond acceptors (Lipinski definition) is 5. The van der Waals surface area contributed by atoms with E-state index in [0.29, 0.717) is 43.2 Å². The number of Topliss-reactive ketones (excluding diaryl/α,β-unsaturated/α-hetero) is 1. The Morgan fingerprint density at radius 2 is 1.63 bits per heavy atom. The van der Waals surface area contributed by atoms with Crippen LogP contribution in [0, 0.1) is 0 Å². The van der Waals surface area contributed by atoms with E-state index >= 15 is 0 Å². The van der Waals surface area contributed by atoms with Crippen molar-refractivity contribution < 1.29 is 24.2 Å². The first-order chi connectivity index (χ1) is 14.5. The maximum absolute atomic E-state index is 12.9. The number of carbonyl (C=O) groups is 2. The predicted octanol–water partition coefficient (Wildman–Crippen LogP) is 4.32. The molecule has 30 heavy (non-hydrogen) atoms. The first-order valence-electron chi connectivity index (χ1n) is 10.3. The van der Waals surface area contributed by atoms with Gasteiger partial charge in [0.05, 0.1) is 24.8 Å². The summed E-state index contributed by atoms with van der Waals surface area (Å²) in [5.41, 5.74) is 1.27. The highest BCUT2D eigenvalue weighted by Crippen LogP contribution is 2.40. The highest BCUT2D eigenvalue weighted by atomic mass is 16.5. The van der Waals surface area contributed by atoms with Crippen molar-refractivity contribution in [2.45, 2.75) is 33.2 Å². The van der Waals surface area contributed by atoms with E-state index in [0.717, 1.165) is 5.56 Å². The summed E-state index contributed by atoms with van der Waals surface area (Å²) in [5.74, 6) is -0.188. The van der Waals surface area contributed by atoms with Gasteiger partial charge in [-0.05, 0) is 50.1 Å². The van der Waals surface area contributed by atoms with Crippen molar-refractivity contribution in [2.24, 2.45) is 0 Å². The maximum Gasteiger partial charge on any atom is 0.295 e. The van der Waals surface area contributed by atoms with Gasteiger partial charge < -0.3 is 19.5 Å². The van der Waals surface area contributed by atoms with Crippen LogP contribution in [0.5, 0.6) is 11.5 Å². The molecule has 0 radical (unpaired) electrons. The van der Waals surface area contributed by atoms with Gasteiger partial charge in [-0.3, -0.25) is 9.59 Å². The number of likely N-dealkylation sites (tertiary alicyclic amines) is 1. The van der Waals surface area contributed by atoms with Crippen LogP contribution in [0.15, 0.2) is 54.1 Å². The molecule has 6 heteroatoms. The molecule has 2 aromatic carbocycles. The van der Waals surface area contributed by atoms with Gasteiger partial charge in [0, 0.05) is 12.1 Å². The summed E-state index contributed by atoms with van der Waals surface area (Å²) < 4.78 is 11.0. The molecule has 1 atom stereocenters. The molecule has 1 fully saturated rings. The highest BCUT2D eigenvalue weighted by molar-refractivity contribution is 6.46. The summed E-state index contributed by atoms with van der Waals surface area (Å²) in [6, 6.07) is 13.5. The van der Waals surface area contributed by atoms with E-state index in [-0.39, 0.29) is 11.3 Å². The van der Waals surface area contributed by atoms with Crippen molar-refractivity contribution in [1.82, 2.24) is 4.90 Å². The van der Waals surface area contributed by atoms with Crippen molar-refractivity contribution in [3.8, 4) is 11.5 Å². The van der Waals surface area contributed by atoms with Crippen molar-refractivity contribution >= 4 is 17.4 Å². The third-order valence-electron chi connectivity index (χ3n) is 4.93. The summed E-state index contributed by atoms with van der Waals surface area (Å²) in [4.78, 5) is 27.2. The predicted molar refractivity (Wildman–Crippen MR) is 115 cm³/mol. The second-order valence-corrected chi connectivity index (χ2v) is 6.96. The van der Waals surface area contributed by atoms with E-state index in [4.69, 9.17) is 9.47 Å². The normalized spacial score (nSPS) is 18.0. The van der Waals surface area contributed by atoms with Gasteiger partial charge >= 0.3 is 0 Å². The van der Waals surface area contributed by atoms with Crippen molar-refractivity contribution in [3.63, 3.8) is 0 Å². The minimum Gasteiger partial charge on any atom is -0.507 e. The standard InChI is InChI=1S/C24H27NO5/c1-4-14-25-21(16-10-12-18(13-11-16)29-5-2)20(23(27)24(25)28)22(26)17-8-7-9-19(15-17)30-6-3/h7-13,15,21,26H,4-6,14H2,1-3H3/b22-20-. The Hall–Kier alpha value is -3.28. The summed E-state index contributed by atoms with van der Waals surface area (Å²) in [6.07, 6.45) is 0.695. The van der Waals surface area contributed by atoms with Crippen LogP contribution < -0.4 is 9.47 Å². The number of ketones is 1. The fourth-order valence-corrected chi connectivity index (χ4v) is 3.67. The molecule has 6 nitrogen and oxygen atoms in total. The number of hydrogen-bond donors (Lipinski definition) is 1. The molecule has 158 valence electrons. The molecule has 1 heterocycles. The van der Waals surface area contributed by atoms with Gasteiger partial charge in [0.2, 0.25) is 0 Å². The molecule has 2 aromatic rings. The molecule has 1 saturated heterocycles. The fraction of sp³-hybridized carbons (Fsp3) is 0.333. The van der Waals surface area contributed by atoms with Crippen molar-refractivity contribution in [2.75, 3.05) is 19.8 Å². The zero-order chi connectivity index (χ0) is 21.7. The Kier molecular flexibility index (Phi) is 6.77. The smallest absolute Gasteiger partial charge is 0.295 e. The van der Waals surface area contributed by atoms with E-state index in [1.165, 1.54) is 4.90 Å². The second kappa shape index (κ2) is 9.48. The van der Waals surface area contributed by atoms with Crippen LogP contribution in [0.3, 0.4) is 0 Å². The van der Waals surface area contributed by atoms with Gasteiger partial charge in [-0.15, -0.1) is 0 Å². The number of amides is 1. The highest BCUT2D eigenvalue weighted by Gasteiger charge is 2.45. The second-order valence-electron chi connectivity index (χ2n) is 6.96. The van der Waals surface area contributed by atoms with E-state index < -0.39 is 17.7 Å². The number of aliphatic hydroxyl groups excluding tert-OH is 1. The van der Waals surface area contributed by atoms with Crippen LogP contribution in [0.1, 0.15) is 44.4 Å². The van der Waals surface area contributed by atoms with Crippen molar-refractivity contribution in [1.29, 1.82) is 0 Å². The minimum atomic E-state index is -0.679. The van der Waals surface area contributed by atoms with Gasteiger partial charge in [-0.1, -0.05) is 31.2 Å². The minimum absolute atomic E-state index is 0.0891. The van der Waals surface area contributed by atoms with E-state index in [1.807, 2.05) is 32.9 Å². The SMILES string of the molecule is CCCN1C(=O)C(=O)/C(=C(\O)c2cccc(OCC)c2)C1c1ccc(OCC)cc1. The Balaban J connectivity index is 2.11. The van der Waals surface area contributed by atoms with E-state index in [9.17, 15) is 14.7 Å². The van der Waals surface area contributed by atoms with Crippen LogP contribution in [0.2, 0.25) is 0 Å². The number of aliphatic hydroxyl groups is 1. The maximum atomic E-state index is 12.9. The molecule has 0 saturated carbocycles. The quantitative estimate of drug-likeness (QED) is 0.399. The Labute approximate surface area is 176 Å². The van der Waals surface area contributed by atoms with Gasteiger partial charge in [0.1, 0.15) is 17.3 Å².